The zero-order valence-electron chi connectivity index (χ0n) is 30.5. The first kappa shape index (κ1) is 32.0. The van der Waals surface area contributed by atoms with Crippen LogP contribution in [0.2, 0.25) is 0 Å². The molecule has 0 N–H and O–H groups in total. The van der Waals surface area contributed by atoms with Crippen molar-refractivity contribution in [2.24, 2.45) is 0 Å². The summed E-state index contributed by atoms with van der Waals surface area (Å²) in [5.41, 5.74) is 16.1. The van der Waals surface area contributed by atoms with Gasteiger partial charge in [0.05, 0.1) is 5.69 Å². The zero-order chi connectivity index (χ0) is 36.2. The van der Waals surface area contributed by atoms with Crippen LogP contribution in [-0.4, -0.2) is 0 Å². The molecule has 1 heteroatoms. The summed E-state index contributed by atoms with van der Waals surface area (Å²) in [7, 11) is 0. The summed E-state index contributed by atoms with van der Waals surface area (Å²) in [6.07, 6.45) is 0. The van der Waals surface area contributed by atoms with Crippen LogP contribution in [0.25, 0.3) is 66.1 Å². The van der Waals surface area contributed by atoms with Crippen molar-refractivity contribution in [3.8, 4) is 44.5 Å². The maximum absolute atomic E-state index is 2.45. The lowest BCUT2D eigenvalue weighted by atomic mass is 9.82. The molecule has 9 aromatic carbocycles. The fraction of sp³-hybridized carbons (Fsp3) is 0.0566. The first-order valence-electron chi connectivity index (χ1n) is 18.9. The average Bonchev–Trinajstić information content (AvgIpc) is 3.47. The lowest BCUT2D eigenvalue weighted by Crippen LogP contribution is -2.16. The molecule has 1 aliphatic carbocycles. The third kappa shape index (κ3) is 5.16. The molecule has 1 nitrogen and oxygen atoms in total. The molecule has 0 spiro atoms. The summed E-state index contributed by atoms with van der Waals surface area (Å²) in [6.45, 7) is 4.71. The summed E-state index contributed by atoms with van der Waals surface area (Å²) in [4.78, 5) is 2.45. The molecule has 0 fully saturated rings. The maximum Gasteiger partial charge on any atom is 0.0543 e. The molecule has 0 radical (unpaired) electrons. The summed E-state index contributed by atoms with van der Waals surface area (Å²) >= 11 is 0. The van der Waals surface area contributed by atoms with E-state index in [-0.39, 0.29) is 5.41 Å². The first-order chi connectivity index (χ1) is 26.6. The van der Waals surface area contributed by atoms with Crippen LogP contribution in [0.5, 0.6) is 0 Å². The third-order valence-corrected chi connectivity index (χ3v) is 11.5. The fourth-order valence-corrected chi connectivity index (χ4v) is 8.85. The van der Waals surface area contributed by atoms with Gasteiger partial charge >= 0.3 is 0 Å². The van der Waals surface area contributed by atoms with Gasteiger partial charge in [0.25, 0.3) is 0 Å². The number of hydrogen-bond donors (Lipinski definition) is 0. The van der Waals surface area contributed by atoms with E-state index in [1.165, 1.54) is 82.9 Å². The number of benzene rings is 9. The van der Waals surface area contributed by atoms with Crippen LogP contribution in [0.3, 0.4) is 0 Å². The second-order valence-corrected chi connectivity index (χ2v) is 14.9. The summed E-state index contributed by atoms with van der Waals surface area (Å²) < 4.78 is 0. The van der Waals surface area contributed by atoms with Crippen LogP contribution < -0.4 is 4.90 Å². The number of rotatable bonds is 6. The summed E-state index contributed by atoms with van der Waals surface area (Å²) in [5, 5.41) is 5.04. The minimum atomic E-state index is -0.0967. The number of fused-ring (bicyclic) bond motifs is 5. The smallest absolute Gasteiger partial charge is 0.0543 e. The van der Waals surface area contributed by atoms with Crippen molar-refractivity contribution in [1.29, 1.82) is 0 Å². The molecular weight excluding hydrogens is 651 g/mol. The normalized spacial score (nSPS) is 12.8. The quantitative estimate of drug-likeness (QED) is 0.168. The average molecular weight is 690 g/mol. The van der Waals surface area contributed by atoms with Crippen molar-refractivity contribution in [1.82, 2.24) is 0 Å². The van der Waals surface area contributed by atoms with Crippen molar-refractivity contribution >= 4 is 38.6 Å². The van der Waals surface area contributed by atoms with Crippen molar-refractivity contribution in [3.05, 3.63) is 211 Å². The van der Waals surface area contributed by atoms with Gasteiger partial charge in [-0.15, -0.1) is 0 Å². The van der Waals surface area contributed by atoms with Gasteiger partial charge in [0.2, 0.25) is 0 Å². The van der Waals surface area contributed by atoms with E-state index in [9.17, 15) is 0 Å². The molecule has 256 valence electrons. The van der Waals surface area contributed by atoms with Gasteiger partial charge in [-0.2, -0.15) is 0 Å². The van der Waals surface area contributed by atoms with Crippen LogP contribution in [0, 0.1) is 0 Å². The Morgan fingerprint density at radius 1 is 0.352 bits per heavy atom. The molecule has 0 atom stereocenters. The van der Waals surface area contributed by atoms with E-state index < -0.39 is 0 Å². The van der Waals surface area contributed by atoms with Gasteiger partial charge in [-0.25, -0.2) is 0 Å². The largest absolute Gasteiger partial charge is 0.310 e. The predicted octanol–water partition coefficient (Wildman–Crippen LogP) is 14.8. The van der Waals surface area contributed by atoms with E-state index >= 15 is 0 Å². The molecule has 0 aliphatic heterocycles. The molecule has 0 heterocycles. The van der Waals surface area contributed by atoms with Crippen molar-refractivity contribution in [3.63, 3.8) is 0 Å². The topological polar surface area (TPSA) is 3.24 Å². The van der Waals surface area contributed by atoms with E-state index in [0.29, 0.717) is 0 Å². The third-order valence-electron chi connectivity index (χ3n) is 11.5. The molecule has 0 unspecified atom stereocenters. The predicted molar refractivity (Wildman–Crippen MR) is 230 cm³/mol. The molecule has 1 aliphatic rings. The molecule has 0 saturated heterocycles. The zero-order valence-corrected chi connectivity index (χ0v) is 30.5. The SMILES string of the molecule is CC1(C)c2ccccc2-c2c(N(c3ccc(-c4cccc5ccccc45)cc3)c3ccc(-c4cccc5cccc(-c6ccccc6)c45)cc3)cccc21. The van der Waals surface area contributed by atoms with Crippen LogP contribution >= 0.6 is 0 Å². The Hall–Kier alpha value is -6.70. The van der Waals surface area contributed by atoms with Gasteiger partial charge in [-0.05, 0) is 102 Å². The van der Waals surface area contributed by atoms with Crippen molar-refractivity contribution < 1.29 is 0 Å². The highest BCUT2D eigenvalue weighted by Crippen LogP contribution is 2.54. The monoisotopic (exact) mass is 689 g/mol. The molecule has 10 rings (SSSR count). The van der Waals surface area contributed by atoms with E-state index in [1.807, 2.05) is 0 Å². The Bertz CT molecular complexity index is 2820. The standard InChI is InChI=1S/C53H39N/c1-53(2)48-25-9-8-21-47(48)52-49(53)26-13-27-50(52)54(41-32-28-38(29-33-41)44-22-10-17-36-16-6-7-20-43(36)44)42-34-30-39(31-35-42)46-24-12-19-40-18-11-23-45(51(40)46)37-14-4-3-5-15-37/h3-35H,1-2H3. The van der Waals surface area contributed by atoms with Gasteiger partial charge < -0.3 is 4.90 Å². The Labute approximate surface area is 317 Å². The van der Waals surface area contributed by atoms with Gasteiger partial charge in [0, 0.05) is 22.4 Å². The van der Waals surface area contributed by atoms with E-state index in [0.717, 1.165) is 11.4 Å². The highest BCUT2D eigenvalue weighted by Gasteiger charge is 2.37. The summed E-state index contributed by atoms with van der Waals surface area (Å²) in [5.74, 6) is 0. The Kier molecular flexibility index (Phi) is 7.56. The van der Waals surface area contributed by atoms with Crippen LogP contribution in [0.4, 0.5) is 17.1 Å². The number of nitrogens with zero attached hydrogens (tertiary/aromatic N) is 1. The molecule has 0 saturated carbocycles. The first-order valence-corrected chi connectivity index (χ1v) is 18.9. The Morgan fingerprint density at radius 2 is 0.833 bits per heavy atom. The second-order valence-electron chi connectivity index (χ2n) is 14.9. The van der Waals surface area contributed by atoms with E-state index in [4.69, 9.17) is 0 Å². The molecule has 9 aromatic rings. The Morgan fingerprint density at radius 3 is 1.54 bits per heavy atom. The van der Waals surface area contributed by atoms with E-state index in [1.54, 1.807) is 0 Å². The minimum Gasteiger partial charge on any atom is -0.310 e. The number of anilines is 3. The van der Waals surface area contributed by atoms with Gasteiger partial charge in [0.15, 0.2) is 0 Å². The van der Waals surface area contributed by atoms with Crippen LogP contribution in [0.1, 0.15) is 25.0 Å². The maximum atomic E-state index is 2.45. The van der Waals surface area contributed by atoms with Crippen molar-refractivity contribution in [2.75, 3.05) is 4.90 Å². The molecule has 0 amide bonds. The Balaban J connectivity index is 1.13. The molecular formula is C53H39N. The lowest BCUT2D eigenvalue weighted by molar-refractivity contribution is 0.660. The molecule has 54 heavy (non-hydrogen) atoms. The van der Waals surface area contributed by atoms with Gasteiger partial charge in [-0.3, -0.25) is 0 Å². The number of hydrogen-bond acceptors (Lipinski definition) is 1. The van der Waals surface area contributed by atoms with Gasteiger partial charge in [0.1, 0.15) is 0 Å². The lowest BCUT2D eigenvalue weighted by Gasteiger charge is -2.29. The molecule has 0 bridgehead atoms. The van der Waals surface area contributed by atoms with Crippen LogP contribution in [-0.2, 0) is 5.41 Å². The fourth-order valence-electron chi connectivity index (χ4n) is 8.85. The second kappa shape index (κ2) is 12.8. The van der Waals surface area contributed by atoms with Gasteiger partial charge in [-0.1, -0.05) is 184 Å². The molecule has 0 aromatic heterocycles. The van der Waals surface area contributed by atoms with E-state index in [2.05, 4.69) is 219 Å². The highest BCUT2D eigenvalue weighted by molar-refractivity contribution is 6.07. The van der Waals surface area contributed by atoms with Crippen LogP contribution in [0.15, 0.2) is 200 Å². The minimum absolute atomic E-state index is 0.0967. The highest BCUT2D eigenvalue weighted by atomic mass is 15.1. The van der Waals surface area contributed by atoms with Crippen molar-refractivity contribution in [2.45, 2.75) is 19.3 Å². The summed E-state index contributed by atoms with van der Waals surface area (Å²) in [6, 6.07) is 73.3.